The maximum absolute atomic E-state index is 13.0. The predicted molar refractivity (Wildman–Crippen MR) is 69.6 cm³/mol. The summed E-state index contributed by atoms with van der Waals surface area (Å²) in [4.78, 5) is 1.88. The Morgan fingerprint density at radius 3 is 2.35 bits per heavy atom. The topological polar surface area (TPSA) is 32.7 Å². The van der Waals surface area contributed by atoms with Gasteiger partial charge in [-0.1, -0.05) is 6.07 Å². The first-order valence-corrected chi connectivity index (χ1v) is 6.52. The van der Waals surface area contributed by atoms with Crippen LogP contribution in [0, 0.1) is 0 Å². The molecule has 1 fully saturated rings. The van der Waals surface area contributed by atoms with Crippen LogP contribution in [0.3, 0.4) is 0 Å². The Bertz CT molecular complexity index is 466. The quantitative estimate of drug-likeness (QED) is 0.908. The molecule has 112 valence electrons. The molecule has 1 aliphatic rings. The summed E-state index contributed by atoms with van der Waals surface area (Å²) in [6.45, 7) is 4.29. The molecule has 1 N–H and O–H groups in total. The van der Waals surface area contributed by atoms with Gasteiger partial charge in [-0.15, -0.1) is 0 Å². The lowest BCUT2D eigenvalue weighted by atomic mass is 10.1. The minimum atomic E-state index is -4.46. The van der Waals surface area contributed by atoms with E-state index in [4.69, 9.17) is 9.84 Å². The molecule has 0 radical (unpaired) electrons. The molecule has 3 nitrogen and oxygen atoms in total. The largest absolute Gasteiger partial charge is 0.416 e. The van der Waals surface area contributed by atoms with Crippen LogP contribution in [0.1, 0.15) is 25.0 Å². The van der Waals surface area contributed by atoms with Crippen molar-refractivity contribution in [3.05, 3.63) is 29.3 Å². The van der Waals surface area contributed by atoms with Crippen molar-refractivity contribution in [1.29, 1.82) is 0 Å². The number of alkyl halides is 3. The minimum absolute atomic E-state index is 0.0226. The summed E-state index contributed by atoms with van der Waals surface area (Å²) in [7, 11) is 0. The molecular weight excluding hydrogens is 271 g/mol. The van der Waals surface area contributed by atoms with Crippen molar-refractivity contribution in [3.8, 4) is 0 Å². The maximum Gasteiger partial charge on any atom is 0.416 e. The van der Waals surface area contributed by atoms with Crippen molar-refractivity contribution in [2.45, 2.75) is 38.8 Å². The molecule has 2 atom stereocenters. The van der Waals surface area contributed by atoms with E-state index in [1.807, 2.05) is 18.7 Å². The highest BCUT2D eigenvalue weighted by atomic mass is 19.4. The van der Waals surface area contributed by atoms with Gasteiger partial charge in [0.25, 0.3) is 0 Å². The Labute approximate surface area is 116 Å². The van der Waals surface area contributed by atoms with Gasteiger partial charge < -0.3 is 14.7 Å². The van der Waals surface area contributed by atoms with Crippen LogP contribution in [0.5, 0.6) is 0 Å². The molecule has 0 amide bonds. The molecule has 0 aromatic heterocycles. The van der Waals surface area contributed by atoms with E-state index in [1.165, 1.54) is 6.07 Å². The van der Waals surface area contributed by atoms with Crippen LogP contribution in [0.25, 0.3) is 0 Å². The molecule has 0 saturated carbocycles. The van der Waals surface area contributed by atoms with E-state index in [-0.39, 0.29) is 17.8 Å². The first-order chi connectivity index (χ1) is 9.31. The molecule has 0 spiro atoms. The van der Waals surface area contributed by atoms with Gasteiger partial charge in [0.15, 0.2) is 0 Å². The monoisotopic (exact) mass is 289 g/mol. The summed E-state index contributed by atoms with van der Waals surface area (Å²) in [5, 5.41) is 9.03. The predicted octanol–water partition coefficient (Wildman–Crippen LogP) is 2.81. The third-order valence-electron chi connectivity index (χ3n) is 3.35. The molecule has 0 unspecified atom stereocenters. The number of hydrogen-bond acceptors (Lipinski definition) is 3. The Kier molecular flexibility index (Phi) is 4.25. The average molecular weight is 289 g/mol. The first kappa shape index (κ1) is 15.1. The number of morpholine rings is 1. The first-order valence-electron chi connectivity index (χ1n) is 6.52. The average Bonchev–Trinajstić information content (AvgIpc) is 2.35. The van der Waals surface area contributed by atoms with Crippen molar-refractivity contribution in [2.24, 2.45) is 0 Å². The van der Waals surface area contributed by atoms with E-state index in [0.717, 1.165) is 6.07 Å². The Balaban J connectivity index is 2.33. The SMILES string of the molecule is C[C@@H]1CN(c2ccc(CO)c(C(F)(F)F)c2)C[C@H](C)O1. The number of hydrogen-bond donors (Lipinski definition) is 1. The van der Waals surface area contributed by atoms with Crippen molar-refractivity contribution in [2.75, 3.05) is 18.0 Å². The zero-order valence-electron chi connectivity index (χ0n) is 11.4. The van der Waals surface area contributed by atoms with Crippen molar-refractivity contribution in [3.63, 3.8) is 0 Å². The minimum Gasteiger partial charge on any atom is -0.392 e. The molecule has 1 saturated heterocycles. The highest BCUT2D eigenvalue weighted by molar-refractivity contribution is 5.52. The molecule has 1 heterocycles. The van der Waals surface area contributed by atoms with Crippen molar-refractivity contribution in [1.82, 2.24) is 0 Å². The summed E-state index contributed by atoms with van der Waals surface area (Å²) >= 11 is 0. The summed E-state index contributed by atoms with van der Waals surface area (Å²) in [5.41, 5.74) is -0.364. The van der Waals surface area contributed by atoms with Gasteiger partial charge in [-0.2, -0.15) is 13.2 Å². The van der Waals surface area contributed by atoms with E-state index in [1.54, 1.807) is 6.07 Å². The fraction of sp³-hybridized carbons (Fsp3) is 0.571. The Morgan fingerprint density at radius 2 is 1.85 bits per heavy atom. The fourth-order valence-electron chi connectivity index (χ4n) is 2.55. The van der Waals surface area contributed by atoms with Crippen LogP contribution in [0.15, 0.2) is 18.2 Å². The summed E-state index contributed by atoms with van der Waals surface area (Å²) < 4.78 is 44.5. The van der Waals surface area contributed by atoms with Gasteiger partial charge >= 0.3 is 6.18 Å². The third-order valence-corrected chi connectivity index (χ3v) is 3.35. The molecule has 0 aliphatic carbocycles. The lowest BCUT2D eigenvalue weighted by Gasteiger charge is -2.37. The van der Waals surface area contributed by atoms with Crippen molar-refractivity contribution >= 4 is 5.69 Å². The van der Waals surface area contributed by atoms with E-state index < -0.39 is 18.3 Å². The van der Waals surface area contributed by atoms with Crippen molar-refractivity contribution < 1.29 is 23.0 Å². The second-order valence-corrected chi connectivity index (χ2v) is 5.16. The van der Waals surface area contributed by atoms with Gasteiger partial charge in [0.05, 0.1) is 24.4 Å². The second-order valence-electron chi connectivity index (χ2n) is 5.16. The van der Waals surface area contributed by atoms with Crippen LogP contribution in [-0.4, -0.2) is 30.4 Å². The Hall–Kier alpha value is -1.27. The molecule has 1 aliphatic heterocycles. The lowest BCUT2D eigenvalue weighted by Crippen LogP contribution is -2.45. The molecule has 0 bridgehead atoms. The molecule has 20 heavy (non-hydrogen) atoms. The molecular formula is C14H18F3NO2. The Morgan fingerprint density at radius 1 is 1.25 bits per heavy atom. The zero-order chi connectivity index (χ0) is 14.9. The van der Waals surface area contributed by atoms with Gasteiger partial charge in [-0.05, 0) is 31.5 Å². The smallest absolute Gasteiger partial charge is 0.392 e. The summed E-state index contributed by atoms with van der Waals surface area (Å²) in [6.07, 6.45) is -4.51. The van der Waals surface area contributed by atoms with Gasteiger partial charge in [-0.3, -0.25) is 0 Å². The van der Waals surface area contributed by atoms with Gasteiger partial charge in [0.2, 0.25) is 0 Å². The number of aliphatic hydroxyl groups is 1. The van der Waals surface area contributed by atoms with E-state index in [0.29, 0.717) is 18.8 Å². The lowest BCUT2D eigenvalue weighted by molar-refractivity contribution is -0.138. The van der Waals surface area contributed by atoms with Crippen LogP contribution >= 0.6 is 0 Å². The summed E-state index contributed by atoms with van der Waals surface area (Å²) in [6, 6.07) is 4.06. The third kappa shape index (κ3) is 3.24. The van der Waals surface area contributed by atoms with Crippen LogP contribution in [0.4, 0.5) is 18.9 Å². The standard InChI is InChI=1S/C14H18F3NO2/c1-9-6-18(7-10(2)20-9)12-4-3-11(8-19)13(5-12)14(15,16)17/h3-5,9-10,19H,6-8H2,1-2H3/t9-,10+. The number of halogens is 3. The zero-order valence-corrected chi connectivity index (χ0v) is 11.4. The van der Waals surface area contributed by atoms with Crippen LogP contribution < -0.4 is 4.90 Å². The number of nitrogens with zero attached hydrogens (tertiary/aromatic N) is 1. The molecule has 2 rings (SSSR count). The highest BCUT2D eigenvalue weighted by Gasteiger charge is 2.34. The number of benzene rings is 1. The second kappa shape index (κ2) is 5.61. The summed E-state index contributed by atoms with van der Waals surface area (Å²) in [5.74, 6) is 0. The number of ether oxygens (including phenoxy) is 1. The molecule has 1 aromatic carbocycles. The molecule has 1 aromatic rings. The number of anilines is 1. The van der Waals surface area contributed by atoms with E-state index in [9.17, 15) is 13.2 Å². The normalized spacial score (nSPS) is 24.0. The fourth-order valence-corrected chi connectivity index (χ4v) is 2.55. The van der Waals surface area contributed by atoms with Gasteiger partial charge in [0.1, 0.15) is 0 Å². The van der Waals surface area contributed by atoms with Crippen LogP contribution in [0.2, 0.25) is 0 Å². The van der Waals surface area contributed by atoms with E-state index in [2.05, 4.69) is 0 Å². The van der Waals surface area contributed by atoms with Crippen LogP contribution in [-0.2, 0) is 17.5 Å². The highest BCUT2D eigenvalue weighted by Crippen LogP contribution is 2.35. The van der Waals surface area contributed by atoms with Gasteiger partial charge in [-0.25, -0.2) is 0 Å². The van der Waals surface area contributed by atoms with Gasteiger partial charge in [0, 0.05) is 18.8 Å². The maximum atomic E-state index is 13.0. The molecule has 6 heteroatoms. The van der Waals surface area contributed by atoms with E-state index >= 15 is 0 Å². The number of aliphatic hydroxyl groups excluding tert-OH is 1. The number of rotatable bonds is 2.